The number of nitrogens with zero attached hydrogens (tertiary/aromatic N) is 3. The van der Waals surface area contributed by atoms with E-state index in [1.165, 1.54) is 19.1 Å². The van der Waals surface area contributed by atoms with E-state index in [4.69, 9.17) is 9.47 Å². The number of carbonyl (C=O) groups excluding carboxylic acids is 1. The van der Waals surface area contributed by atoms with E-state index < -0.39 is 33.9 Å². The smallest absolute Gasteiger partial charge is 0.349 e. The van der Waals surface area contributed by atoms with Gasteiger partial charge in [0.15, 0.2) is 6.10 Å². The summed E-state index contributed by atoms with van der Waals surface area (Å²) >= 11 is 3.19. The highest BCUT2D eigenvalue weighted by Crippen LogP contribution is 2.37. The largest absolute Gasteiger partial charge is 0.471 e. The summed E-state index contributed by atoms with van der Waals surface area (Å²) in [6, 6.07) is 9.02. The van der Waals surface area contributed by atoms with Crippen LogP contribution in [0.25, 0.3) is 10.9 Å². The van der Waals surface area contributed by atoms with Gasteiger partial charge in [0.25, 0.3) is 5.56 Å². The summed E-state index contributed by atoms with van der Waals surface area (Å²) in [5.41, 5.74) is -1.28. The molecule has 0 aliphatic heterocycles. The number of aromatic nitrogens is 2. The average Bonchev–Trinajstić information content (AvgIpc) is 2.75. The van der Waals surface area contributed by atoms with Crippen molar-refractivity contribution >= 4 is 44.7 Å². The van der Waals surface area contributed by atoms with Crippen LogP contribution in [0.15, 0.2) is 55.6 Å². The summed E-state index contributed by atoms with van der Waals surface area (Å²) in [4.78, 5) is 50.0. The van der Waals surface area contributed by atoms with Gasteiger partial charge in [-0.1, -0.05) is 12.1 Å². The molecule has 3 aromatic rings. The minimum absolute atomic E-state index is 0.137. The number of nitro groups is 1. The highest BCUT2D eigenvalue weighted by molar-refractivity contribution is 9.10. The summed E-state index contributed by atoms with van der Waals surface area (Å²) in [5, 5.41) is 15.7. The molecule has 1 aromatic heterocycles. The van der Waals surface area contributed by atoms with Crippen LogP contribution in [0.3, 0.4) is 0 Å². The second kappa shape index (κ2) is 9.56. The number of carbonyl (C=O) groups is 1. The molecule has 0 radical (unpaired) electrons. The third-order valence-corrected chi connectivity index (χ3v) is 4.85. The van der Waals surface area contributed by atoms with Crippen LogP contribution in [0.2, 0.25) is 0 Å². The van der Waals surface area contributed by atoms with Gasteiger partial charge in [-0.3, -0.25) is 14.9 Å². The number of benzene rings is 2. The van der Waals surface area contributed by atoms with E-state index in [1.54, 1.807) is 25.1 Å². The average molecular weight is 505 g/mol. The summed E-state index contributed by atoms with van der Waals surface area (Å²) < 4.78 is 11.1. The molecule has 12 heteroatoms. The first-order valence-corrected chi connectivity index (χ1v) is 10.1. The van der Waals surface area contributed by atoms with Crippen molar-refractivity contribution in [2.45, 2.75) is 20.0 Å². The number of hydrogen-bond donors (Lipinski definition) is 1. The fourth-order valence-corrected chi connectivity index (χ4v) is 3.35. The zero-order valence-electron chi connectivity index (χ0n) is 16.9. The molecule has 0 bridgehead atoms. The number of halogens is 1. The van der Waals surface area contributed by atoms with Gasteiger partial charge in [-0.2, -0.15) is 5.10 Å². The summed E-state index contributed by atoms with van der Waals surface area (Å²) in [5.74, 6) is -0.845. The Labute approximate surface area is 188 Å². The highest BCUT2D eigenvalue weighted by Gasteiger charge is 2.25. The summed E-state index contributed by atoms with van der Waals surface area (Å²) in [7, 11) is 0. The lowest BCUT2D eigenvalue weighted by Gasteiger charge is -2.15. The number of rotatable bonds is 7. The molecule has 0 aliphatic carbocycles. The van der Waals surface area contributed by atoms with Crippen LogP contribution < -0.4 is 16.0 Å². The van der Waals surface area contributed by atoms with Crippen molar-refractivity contribution in [3.8, 4) is 5.75 Å². The first-order valence-electron chi connectivity index (χ1n) is 9.32. The molecule has 0 amide bonds. The van der Waals surface area contributed by atoms with Gasteiger partial charge in [0.1, 0.15) is 0 Å². The van der Waals surface area contributed by atoms with Gasteiger partial charge in [0.2, 0.25) is 5.75 Å². The van der Waals surface area contributed by atoms with E-state index in [0.717, 1.165) is 12.3 Å². The molecule has 0 saturated heterocycles. The first-order chi connectivity index (χ1) is 15.2. The predicted octanol–water partition coefficient (Wildman–Crippen LogP) is 2.57. The van der Waals surface area contributed by atoms with Gasteiger partial charge in [-0.15, -0.1) is 4.68 Å². The second-order valence-corrected chi connectivity index (χ2v) is 7.31. The van der Waals surface area contributed by atoms with E-state index in [-0.39, 0.29) is 27.8 Å². The first kappa shape index (κ1) is 22.9. The Morgan fingerprint density at radius 3 is 2.75 bits per heavy atom. The van der Waals surface area contributed by atoms with Crippen molar-refractivity contribution < 1.29 is 19.2 Å². The normalized spacial score (nSPS) is 12.1. The number of aromatic amines is 1. The lowest BCUT2D eigenvalue weighted by atomic mass is 10.2. The van der Waals surface area contributed by atoms with E-state index in [2.05, 4.69) is 26.0 Å². The fraction of sp³-hybridized carbons (Fsp3) is 0.200. The number of nitrogens with one attached hydrogen (secondary N) is 1. The number of para-hydroxylation sites is 1. The van der Waals surface area contributed by atoms with Crippen LogP contribution >= 0.6 is 15.9 Å². The monoisotopic (exact) mass is 504 g/mol. The van der Waals surface area contributed by atoms with Crippen LogP contribution in [0.4, 0.5) is 5.69 Å². The summed E-state index contributed by atoms with van der Waals surface area (Å²) in [6.07, 6.45) is 0.0426. The van der Waals surface area contributed by atoms with Crippen molar-refractivity contribution in [1.82, 2.24) is 9.66 Å². The minimum Gasteiger partial charge on any atom is -0.471 e. The highest BCUT2D eigenvalue weighted by atomic mass is 79.9. The molecule has 0 unspecified atom stereocenters. The number of esters is 1. The minimum atomic E-state index is -1.08. The zero-order valence-corrected chi connectivity index (χ0v) is 18.5. The molecule has 166 valence electrons. The topological polar surface area (TPSA) is 146 Å². The Morgan fingerprint density at radius 1 is 1.34 bits per heavy atom. The van der Waals surface area contributed by atoms with E-state index in [0.29, 0.717) is 10.2 Å². The van der Waals surface area contributed by atoms with Gasteiger partial charge < -0.3 is 14.5 Å². The van der Waals surface area contributed by atoms with E-state index in [1.807, 2.05) is 0 Å². The molecule has 32 heavy (non-hydrogen) atoms. The van der Waals surface area contributed by atoms with Gasteiger partial charge in [-0.25, -0.2) is 9.59 Å². The maximum Gasteiger partial charge on any atom is 0.349 e. The lowest BCUT2D eigenvalue weighted by Crippen LogP contribution is -2.32. The van der Waals surface area contributed by atoms with Crippen LogP contribution in [0.1, 0.15) is 19.4 Å². The Kier molecular flexibility index (Phi) is 6.83. The molecule has 0 spiro atoms. The molecule has 1 atom stereocenters. The molecule has 0 saturated carbocycles. The quantitative estimate of drug-likeness (QED) is 0.225. The van der Waals surface area contributed by atoms with Crippen molar-refractivity contribution in [3.05, 3.63) is 77.4 Å². The fourth-order valence-electron chi connectivity index (χ4n) is 2.79. The maximum atomic E-state index is 12.6. The lowest BCUT2D eigenvalue weighted by molar-refractivity contribution is -0.386. The maximum absolute atomic E-state index is 12.6. The Morgan fingerprint density at radius 2 is 2.06 bits per heavy atom. The summed E-state index contributed by atoms with van der Waals surface area (Å²) in [6.45, 7) is 3.17. The van der Waals surface area contributed by atoms with Crippen LogP contribution in [0.5, 0.6) is 5.75 Å². The van der Waals surface area contributed by atoms with Gasteiger partial charge >= 0.3 is 17.3 Å². The molecule has 0 fully saturated rings. The molecular formula is C20H17BrN4O7. The SMILES string of the molecule is CCOC(=O)[C@H](C)Oc1c(Br)cc(C=Nn2c(=O)[nH]c3ccccc3c2=O)cc1[N+](=O)[O-]. The van der Waals surface area contributed by atoms with E-state index in [9.17, 15) is 24.5 Å². The Bertz CT molecular complexity index is 1350. The van der Waals surface area contributed by atoms with Crippen molar-refractivity contribution in [2.75, 3.05) is 6.61 Å². The van der Waals surface area contributed by atoms with Gasteiger partial charge in [0.05, 0.1) is 33.1 Å². The van der Waals surface area contributed by atoms with Gasteiger partial charge in [-0.05, 0) is 48.0 Å². The molecule has 1 heterocycles. The third-order valence-electron chi connectivity index (χ3n) is 4.26. The number of H-pyrrole nitrogens is 1. The molecule has 3 rings (SSSR count). The molecule has 1 N–H and O–H groups in total. The van der Waals surface area contributed by atoms with Crippen molar-refractivity contribution in [2.24, 2.45) is 5.10 Å². The third kappa shape index (κ3) is 4.75. The Balaban J connectivity index is 2.00. The molecule has 11 nitrogen and oxygen atoms in total. The van der Waals surface area contributed by atoms with Crippen molar-refractivity contribution in [3.63, 3.8) is 0 Å². The predicted molar refractivity (Wildman–Crippen MR) is 119 cm³/mol. The molecule has 0 aliphatic rings. The van der Waals surface area contributed by atoms with Gasteiger partial charge in [0, 0.05) is 11.6 Å². The standard InChI is InChI=1S/C20H17BrN4O7/c1-3-31-19(27)11(2)32-17-14(21)8-12(9-16(17)25(29)30)10-22-24-18(26)13-6-4-5-7-15(13)23-20(24)28/h4-11H,3H2,1-2H3,(H,23,28)/t11-/m0/s1. The van der Waals surface area contributed by atoms with Crippen molar-refractivity contribution in [1.29, 1.82) is 0 Å². The zero-order chi connectivity index (χ0) is 23.4. The Hall–Kier alpha value is -3.80. The number of fused-ring (bicyclic) bond motifs is 1. The number of hydrogen-bond acceptors (Lipinski definition) is 8. The molecular weight excluding hydrogens is 488 g/mol. The number of nitro benzene ring substituents is 1. The second-order valence-electron chi connectivity index (χ2n) is 6.46. The molecule has 2 aromatic carbocycles. The van der Waals surface area contributed by atoms with E-state index >= 15 is 0 Å². The van der Waals surface area contributed by atoms with Crippen LogP contribution in [0, 0.1) is 10.1 Å². The van der Waals surface area contributed by atoms with Crippen LogP contribution in [-0.4, -0.2) is 39.5 Å². The van der Waals surface area contributed by atoms with Crippen LogP contribution in [-0.2, 0) is 9.53 Å². The number of ether oxygens (including phenoxy) is 2.